The lowest BCUT2D eigenvalue weighted by molar-refractivity contribution is 1.66. The third kappa shape index (κ3) is 3.02. The summed E-state index contributed by atoms with van der Waals surface area (Å²) >= 11 is 0. The topological polar surface area (TPSA) is 0 Å². The molecule has 0 heteroatoms. The largest absolute Gasteiger partial charge is 0.0623 e. The van der Waals surface area contributed by atoms with Crippen LogP contribution in [0.1, 0.15) is 5.56 Å². The Hall–Kier alpha value is -1.56. The number of allylic oxidation sites excluding steroid dienone is 4. The van der Waals surface area contributed by atoms with Crippen LogP contribution in [0.15, 0.2) is 54.6 Å². The van der Waals surface area contributed by atoms with Crippen LogP contribution in [0.3, 0.4) is 0 Å². The van der Waals surface area contributed by atoms with Crippen LogP contribution in [0, 0.1) is 6.58 Å². The van der Waals surface area contributed by atoms with Crippen molar-refractivity contribution in [2.75, 3.05) is 0 Å². The van der Waals surface area contributed by atoms with Crippen LogP contribution in [0.2, 0.25) is 0 Å². The first-order valence-electron chi connectivity index (χ1n) is 3.87. The van der Waals surface area contributed by atoms with E-state index in [1.54, 1.807) is 6.08 Å². The molecule has 0 saturated carbocycles. The van der Waals surface area contributed by atoms with Crippen molar-refractivity contribution in [1.82, 2.24) is 0 Å². The van der Waals surface area contributed by atoms with Gasteiger partial charge in [-0.3, -0.25) is 0 Å². The standard InChI is InChI=1S/C12H11/c1-2-3-4-6-9-12-10-7-5-8-11-12/h1-11H. The molecule has 0 atom stereocenters. The number of benzene rings is 1. The van der Waals surface area contributed by atoms with E-state index in [0.717, 1.165) is 0 Å². The Morgan fingerprint density at radius 3 is 2.33 bits per heavy atom. The number of hydrogen-bond donors (Lipinski definition) is 0. The lowest BCUT2D eigenvalue weighted by atomic mass is 10.2. The zero-order chi connectivity index (χ0) is 8.65. The molecule has 0 unspecified atom stereocenters. The van der Waals surface area contributed by atoms with Crippen molar-refractivity contribution in [3.05, 3.63) is 66.8 Å². The predicted octanol–water partition coefficient (Wildman–Crippen LogP) is 3.25. The van der Waals surface area contributed by atoms with E-state index in [-0.39, 0.29) is 0 Å². The average molecular weight is 155 g/mol. The van der Waals surface area contributed by atoms with Crippen LogP contribution in [0.4, 0.5) is 0 Å². The Kier molecular flexibility index (Phi) is 3.65. The molecule has 0 heterocycles. The van der Waals surface area contributed by atoms with Crippen LogP contribution >= 0.6 is 0 Å². The monoisotopic (exact) mass is 155 g/mol. The maximum Gasteiger partial charge on any atom is -0.0257 e. The first-order valence-corrected chi connectivity index (χ1v) is 3.87. The summed E-state index contributed by atoms with van der Waals surface area (Å²) in [6.45, 7) is 5.16. The van der Waals surface area contributed by atoms with Crippen molar-refractivity contribution < 1.29 is 0 Å². The van der Waals surface area contributed by atoms with Crippen molar-refractivity contribution in [2.45, 2.75) is 0 Å². The van der Waals surface area contributed by atoms with Gasteiger partial charge in [-0.1, -0.05) is 67.3 Å². The predicted molar refractivity (Wildman–Crippen MR) is 53.5 cm³/mol. The highest BCUT2D eigenvalue weighted by molar-refractivity contribution is 5.50. The molecule has 0 aliphatic carbocycles. The van der Waals surface area contributed by atoms with Gasteiger partial charge in [0.25, 0.3) is 0 Å². The van der Waals surface area contributed by atoms with Gasteiger partial charge >= 0.3 is 0 Å². The number of hydrogen-bond acceptors (Lipinski definition) is 0. The van der Waals surface area contributed by atoms with Crippen LogP contribution in [-0.2, 0) is 0 Å². The molecular formula is C12H11. The van der Waals surface area contributed by atoms with Gasteiger partial charge in [0.05, 0.1) is 0 Å². The van der Waals surface area contributed by atoms with E-state index < -0.39 is 0 Å². The van der Waals surface area contributed by atoms with Gasteiger partial charge < -0.3 is 0 Å². The van der Waals surface area contributed by atoms with E-state index in [1.165, 1.54) is 11.6 Å². The summed E-state index contributed by atoms with van der Waals surface area (Å²) in [4.78, 5) is 0. The average Bonchev–Trinajstić information content (AvgIpc) is 2.14. The summed E-state index contributed by atoms with van der Waals surface area (Å²) in [7, 11) is 0. The van der Waals surface area contributed by atoms with Crippen LogP contribution in [0.5, 0.6) is 0 Å². The first kappa shape index (κ1) is 8.54. The molecule has 59 valence electrons. The van der Waals surface area contributed by atoms with Crippen molar-refractivity contribution in [3.8, 4) is 0 Å². The fourth-order valence-electron chi connectivity index (χ4n) is 0.859. The second kappa shape index (κ2) is 5.14. The van der Waals surface area contributed by atoms with Crippen LogP contribution < -0.4 is 0 Å². The lowest BCUT2D eigenvalue weighted by Crippen LogP contribution is -1.66. The van der Waals surface area contributed by atoms with E-state index >= 15 is 0 Å². The summed E-state index contributed by atoms with van der Waals surface area (Å²) in [6.07, 6.45) is 9.18. The van der Waals surface area contributed by atoms with Gasteiger partial charge in [-0.25, -0.2) is 0 Å². The van der Waals surface area contributed by atoms with Crippen molar-refractivity contribution in [1.29, 1.82) is 0 Å². The summed E-state index contributed by atoms with van der Waals surface area (Å²) in [6, 6.07) is 10.1. The third-order valence-electron chi connectivity index (χ3n) is 1.42. The second-order valence-corrected chi connectivity index (χ2v) is 2.35. The molecule has 1 radical (unpaired) electrons. The maximum absolute atomic E-state index is 5.16. The van der Waals surface area contributed by atoms with Gasteiger partial charge in [0, 0.05) is 0 Å². The highest BCUT2D eigenvalue weighted by atomic mass is 13.8. The maximum atomic E-state index is 5.16. The summed E-state index contributed by atoms with van der Waals surface area (Å²) in [5.41, 5.74) is 1.19. The molecular weight excluding hydrogens is 144 g/mol. The minimum Gasteiger partial charge on any atom is -0.0623 e. The van der Waals surface area contributed by atoms with Gasteiger partial charge in [-0.15, -0.1) is 0 Å². The van der Waals surface area contributed by atoms with Crippen LogP contribution in [0.25, 0.3) is 6.08 Å². The smallest absolute Gasteiger partial charge is 0.0257 e. The molecule has 0 spiro atoms. The molecule has 0 bridgehead atoms. The highest BCUT2D eigenvalue weighted by Gasteiger charge is 1.78. The van der Waals surface area contributed by atoms with E-state index in [2.05, 4.69) is 12.1 Å². The van der Waals surface area contributed by atoms with Crippen molar-refractivity contribution >= 4 is 6.08 Å². The minimum absolute atomic E-state index is 1.19. The zero-order valence-corrected chi connectivity index (χ0v) is 6.85. The molecule has 1 rings (SSSR count). The second-order valence-electron chi connectivity index (χ2n) is 2.35. The van der Waals surface area contributed by atoms with Gasteiger partial charge in [0.1, 0.15) is 0 Å². The van der Waals surface area contributed by atoms with Crippen molar-refractivity contribution in [2.24, 2.45) is 0 Å². The molecule has 0 aromatic heterocycles. The molecule has 1 aromatic carbocycles. The lowest BCUT2D eigenvalue weighted by Gasteiger charge is -1.87. The van der Waals surface area contributed by atoms with Gasteiger partial charge in [0.15, 0.2) is 0 Å². The first-order chi connectivity index (χ1) is 5.93. The van der Waals surface area contributed by atoms with E-state index in [1.807, 2.05) is 36.4 Å². The summed E-state index contributed by atoms with van der Waals surface area (Å²) < 4.78 is 0. The molecule has 0 fully saturated rings. The Balaban J connectivity index is 2.58. The van der Waals surface area contributed by atoms with Gasteiger partial charge in [0.2, 0.25) is 0 Å². The van der Waals surface area contributed by atoms with Crippen molar-refractivity contribution in [3.63, 3.8) is 0 Å². The minimum atomic E-state index is 1.19. The Morgan fingerprint density at radius 1 is 0.917 bits per heavy atom. The normalized spacial score (nSPS) is 11.0. The van der Waals surface area contributed by atoms with E-state index in [0.29, 0.717) is 0 Å². The highest BCUT2D eigenvalue weighted by Crippen LogP contribution is 2.00. The quantitative estimate of drug-likeness (QED) is 0.588. The molecule has 0 saturated heterocycles. The van der Waals surface area contributed by atoms with E-state index in [4.69, 9.17) is 6.58 Å². The van der Waals surface area contributed by atoms with Gasteiger partial charge in [-0.2, -0.15) is 0 Å². The molecule has 1 aromatic rings. The number of rotatable bonds is 3. The Bertz CT molecular complexity index is 278. The summed E-state index contributed by atoms with van der Waals surface area (Å²) in [5.74, 6) is 0. The third-order valence-corrected chi connectivity index (χ3v) is 1.42. The van der Waals surface area contributed by atoms with Gasteiger partial charge in [-0.05, 0) is 5.56 Å². The Labute approximate surface area is 73.6 Å². The molecule has 0 N–H and O–H groups in total. The molecule has 0 aliphatic rings. The SMILES string of the molecule is [CH]=CC=CC=Cc1ccccc1. The molecule has 12 heavy (non-hydrogen) atoms. The fourth-order valence-corrected chi connectivity index (χ4v) is 0.859. The fraction of sp³-hybridized carbons (Fsp3) is 0. The molecule has 0 aliphatic heterocycles. The zero-order valence-electron chi connectivity index (χ0n) is 6.85. The summed E-state index contributed by atoms with van der Waals surface area (Å²) in [5, 5.41) is 0. The Morgan fingerprint density at radius 2 is 1.67 bits per heavy atom. The molecule has 0 nitrogen and oxygen atoms in total. The van der Waals surface area contributed by atoms with Crippen LogP contribution in [-0.4, -0.2) is 0 Å². The van der Waals surface area contributed by atoms with E-state index in [9.17, 15) is 0 Å². The molecule has 0 amide bonds.